The maximum atomic E-state index is 12.4. The van der Waals surface area contributed by atoms with Crippen LogP contribution in [-0.2, 0) is 20.9 Å². The fourth-order valence-electron chi connectivity index (χ4n) is 3.02. The normalized spacial score (nSPS) is 16.9. The zero-order valence-corrected chi connectivity index (χ0v) is 16.0. The number of aryl methyl sites for hydroxylation is 1. The number of rotatable bonds is 5. The van der Waals surface area contributed by atoms with Gasteiger partial charge in [-0.3, -0.25) is 19.4 Å². The molecule has 8 heteroatoms. The first-order valence-corrected chi connectivity index (χ1v) is 8.47. The number of carbonyl (C=O) groups is 3. The van der Waals surface area contributed by atoms with Gasteiger partial charge in [-0.05, 0) is 27.2 Å². The molecule has 1 saturated heterocycles. The Labute approximate surface area is 153 Å². The largest absolute Gasteiger partial charge is 0.496 e. The Bertz CT molecular complexity index is 662. The number of hydrogen-bond acceptors (Lipinski definition) is 5. The first-order valence-electron chi connectivity index (χ1n) is 8.47. The molecule has 1 N–H and O–H groups in total. The van der Waals surface area contributed by atoms with Crippen molar-refractivity contribution < 1.29 is 24.2 Å². The second kappa shape index (κ2) is 9.74. The predicted octanol–water partition coefficient (Wildman–Crippen LogP) is 1.38. The molecule has 1 aromatic heterocycles. The molecule has 1 aliphatic rings. The predicted molar refractivity (Wildman–Crippen MR) is 95.8 cm³/mol. The highest BCUT2D eigenvalue weighted by Crippen LogP contribution is 2.26. The zero-order chi connectivity index (χ0) is 19.9. The van der Waals surface area contributed by atoms with E-state index in [9.17, 15) is 9.59 Å². The number of piperazine rings is 1. The van der Waals surface area contributed by atoms with Crippen LogP contribution in [0.1, 0.15) is 37.1 Å². The highest BCUT2D eigenvalue weighted by molar-refractivity contribution is 5.94. The molecule has 144 valence electrons. The molecule has 0 bridgehead atoms. The summed E-state index contributed by atoms with van der Waals surface area (Å²) in [5, 5.41) is 6.89. The van der Waals surface area contributed by atoms with Gasteiger partial charge in [0.15, 0.2) is 0 Å². The van der Waals surface area contributed by atoms with Gasteiger partial charge in [-0.2, -0.15) is 0 Å². The van der Waals surface area contributed by atoms with Gasteiger partial charge >= 0.3 is 0 Å². The van der Waals surface area contributed by atoms with E-state index in [1.165, 1.54) is 0 Å². The minimum absolute atomic E-state index is 0.00294. The molecular weight excluding hydrogens is 338 g/mol. The fraction of sp³-hybridized carbons (Fsp3) is 0.556. The van der Waals surface area contributed by atoms with Gasteiger partial charge in [0, 0.05) is 23.9 Å². The van der Waals surface area contributed by atoms with Crippen molar-refractivity contribution in [3.05, 3.63) is 23.0 Å². The molecule has 26 heavy (non-hydrogen) atoms. The number of carbonyl (C=O) groups excluding carboxylic acids is 2. The van der Waals surface area contributed by atoms with E-state index in [1.807, 2.05) is 20.8 Å². The Kier molecular flexibility index (Phi) is 8.02. The number of hydrogen-bond donors (Lipinski definition) is 1. The monoisotopic (exact) mass is 365 g/mol. The maximum Gasteiger partial charge on any atom is 0.290 e. The third-order valence-corrected chi connectivity index (χ3v) is 4.35. The van der Waals surface area contributed by atoms with E-state index >= 15 is 0 Å². The van der Waals surface area contributed by atoms with E-state index < -0.39 is 6.04 Å². The topological polar surface area (TPSA) is 100 Å². The summed E-state index contributed by atoms with van der Waals surface area (Å²) in [6.45, 7) is 8.50. The van der Waals surface area contributed by atoms with E-state index in [2.05, 4.69) is 4.98 Å². The van der Waals surface area contributed by atoms with Crippen molar-refractivity contribution in [2.75, 3.05) is 20.2 Å². The molecule has 2 rings (SSSR count). The number of ether oxygens (including phenoxy) is 1. The summed E-state index contributed by atoms with van der Waals surface area (Å²) >= 11 is 0. The van der Waals surface area contributed by atoms with Gasteiger partial charge in [-0.25, -0.2) is 0 Å². The van der Waals surface area contributed by atoms with Crippen molar-refractivity contribution in [1.82, 2.24) is 14.8 Å². The van der Waals surface area contributed by atoms with Crippen LogP contribution in [-0.4, -0.2) is 64.4 Å². The molecule has 1 fully saturated rings. The van der Waals surface area contributed by atoms with Crippen molar-refractivity contribution in [2.24, 2.45) is 0 Å². The summed E-state index contributed by atoms with van der Waals surface area (Å²) < 4.78 is 5.41. The van der Waals surface area contributed by atoms with E-state index in [0.717, 1.165) is 29.0 Å². The summed E-state index contributed by atoms with van der Waals surface area (Å²) in [5.41, 5.74) is 2.64. The Morgan fingerprint density at radius 1 is 1.38 bits per heavy atom. The fourth-order valence-corrected chi connectivity index (χ4v) is 3.02. The van der Waals surface area contributed by atoms with Crippen LogP contribution < -0.4 is 4.74 Å². The lowest BCUT2D eigenvalue weighted by Crippen LogP contribution is -2.58. The van der Waals surface area contributed by atoms with Crippen molar-refractivity contribution in [3.8, 4) is 5.75 Å². The highest BCUT2D eigenvalue weighted by Gasteiger charge is 2.36. The Hall–Kier alpha value is -2.64. The zero-order valence-electron chi connectivity index (χ0n) is 16.0. The molecule has 1 aromatic rings. The maximum absolute atomic E-state index is 12.4. The van der Waals surface area contributed by atoms with Crippen LogP contribution in [0.5, 0.6) is 5.75 Å². The molecule has 0 radical (unpaired) electrons. The highest BCUT2D eigenvalue weighted by atomic mass is 16.5. The lowest BCUT2D eigenvalue weighted by molar-refractivity contribution is -0.155. The van der Waals surface area contributed by atoms with Gasteiger partial charge in [0.1, 0.15) is 11.8 Å². The third-order valence-electron chi connectivity index (χ3n) is 4.35. The number of methoxy groups -OCH3 is 1. The first-order chi connectivity index (χ1) is 12.3. The average Bonchev–Trinajstić information content (AvgIpc) is 2.59. The van der Waals surface area contributed by atoms with Crippen LogP contribution in [0.15, 0.2) is 6.20 Å². The van der Waals surface area contributed by atoms with Crippen molar-refractivity contribution in [1.29, 1.82) is 0 Å². The molecule has 2 amide bonds. The van der Waals surface area contributed by atoms with E-state index in [1.54, 1.807) is 30.0 Å². The summed E-state index contributed by atoms with van der Waals surface area (Å²) in [7, 11) is 1.62. The smallest absolute Gasteiger partial charge is 0.290 e. The van der Waals surface area contributed by atoms with Gasteiger partial charge in [0.25, 0.3) is 6.47 Å². The molecule has 1 atom stereocenters. The minimum atomic E-state index is -0.462. The molecule has 0 saturated carbocycles. The van der Waals surface area contributed by atoms with Crippen LogP contribution in [0.3, 0.4) is 0 Å². The summed E-state index contributed by atoms with van der Waals surface area (Å²) in [6.07, 6.45) is 2.59. The quantitative estimate of drug-likeness (QED) is 0.791. The van der Waals surface area contributed by atoms with Gasteiger partial charge in [-0.15, -0.1) is 0 Å². The molecule has 2 heterocycles. The van der Waals surface area contributed by atoms with Crippen LogP contribution in [0.2, 0.25) is 0 Å². The van der Waals surface area contributed by atoms with Gasteiger partial charge in [-0.1, -0.05) is 6.92 Å². The van der Waals surface area contributed by atoms with Gasteiger partial charge < -0.3 is 19.6 Å². The minimum Gasteiger partial charge on any atom is -0.496 e. The summed E-state index contributed by atoms with van der Waals surface area (Å²) in [4.78, 5) is 40.9. The first kappa shape index (κ1) is 21.4. The van der Waals surface area contributed by atoms with E-state index in [0.29, 0.717) is 13.1 Å². The Morgan fingerprint density at radius 2 is 2.00 bits per heavy atom. The van der Waals surface area contributed by atoms with Crippen molar-refractivity contribution in [2.45, 2.75) is 46.7 Å². The molecular formula is C18H27N3O5. The molecule has 1 aliphatic heterocycles. The molecule has 0 spiro atoms. The second-order valence-electron chi connectivity index (χ2n) is 6.11. The lowest BCUT2D eigenvalue weighted by atomic mass is 10.1. The molecule has 0 aliphatic carbocycles. The Balaban J connectivity index is 0.00000105. The lowest BCUT2D eigenvalue weighted by Gasteiger charge is -2.38. The van der Waals surface area contributed by atoms with Crippen LogP contribution in [0, 0.1) is 13.8 Å². The molecule has 0 aromatic carbocycles. The number of aromatic nitrogens is 1. The van der Waals surface area contributed by atoms with Gasteiger partial charge in [0.05, 0.1) is 25.9 Å². The number of pyridine rings is 1. The van der Waals surface area contributed by atoms with Crippen LogP contribution >= 0.6 is 0 Å². The molecule has 8 nitrogen and oxygen atoms in total. The van der Waals surface area contributed by atoms with Crippen molar-refractivity contribution in [3.63, 3.8) is 0 Å². The number of amides is 2. The standard InChI is InChI=1S/C17H25N3O3.CH2O2/c1-6-7-19-10-15(21)20(13(4)17(19)22)9-14-12(3)16(23-5)11(2)8-18-14;2-1-3/h8,13H,6-7,9-10H2,1-5H3;1H,(H,2,3)/t13-;/m0./s1. The van der Waals surface area contributed by atoms with E-state index in [-0.39, 0.29) is 24.8 Å². The van der Waals surface area contributed by atoms with Crippen molar-refractivity contribution >= 4 is 18.3 Å². The average molecular weight is 365 g/mol. The SMILES string of the molecule is CCCN1CC(=O)N(Cc2ncc(C)c(OC)c2C)[C@@H](C)C1=O.O=CO. The van der Waals surface area contributed by atoms with Crippen LogP contribution in [0.25, 0.3) is 0 Å². The Morgan fingerprint density at radius 3 is 2.54 bits per heavy atom. The second-order valence-corrected chi connectivity index (χ2v) is 6.11. The summed E-state index contributed by atoms with van der Waals surface area (Å²) in [5.74, 6) is 0.750. The van der Waals surface area contributed by atoms with Gasteiger partial charge in [0.2, 0.25) is 11.8 Å². The molecule has 0 unspecified atom stereocenters. The summed E-state index contributed by atoms with van der Waals surface area (Å²) in [6, 6.07) is -0.462. The van der Waals surface area contributed by atoms with E-state index in [4.69, 9.17) is 14.6 Å². The third kappa shape index (κ3) is 4.71. The van der Waals surface area contributed by atoms with Crippen LogP contribution in [0.4, 0.5) is 0 Å². The number of nitrogens with zero attached hydrogens (tertiary/aromatic N) is 3. The number of carboxylic acid groups (broad SMARTS) is 1.